The summed E-state index contributed by atoms with van der Waals surface area (Å²) in [5, 5.41) is 14.5. The van der Waals surface area contributed by atoms with Crippen molar-refractivity contribution in [2.75, 3.05) is 11.9 Å². The van der Waals surface area contributed by atoms with E-state index in [0.29, 0.717) is 15.8 Å². The SMILES string of the molecule is O=C(COC(=O)c1c2c(nc3ccccc13)CCCC2)Nc1nc2ccc([N+](=O)[O-])cc2s1. The van der Waals surface area contributed by atoms with Gasteiger partial charge in [-0.2, -0.15) is 0 Å². The van der Waals surface area contributed by atoms with Crippen molar-refractivity contribution < 1.29 is 19.2 Å². The van der Waals surface area contributed by atoms with Crippen molar-refractivity contribution in [3.05, 3.63) is 69.4 Å². The maximum absolute atomic E-state index is 13.0. The summed E-state index contributed by atoms with van der Waals surface area (Å²) in [7, 11) is 0. The standard InChI is InChI=1S/C23H18N4O5S/c28-20(26-23-25-18-10-9-13(27(30)31)11-19(18)33-23)12-32-22(29)21-14-5-1-3-7-16(14)24-17-8-4-2-6-15(17)21/h1,3,5,7,9-11H,2,4,6,8,12H2,(H,25,26,28). The van der Waals surface area contributed by atoms with Crippen molar-refractivity contribution in [3.63, 3.8) is 0 Å². The maximum Gasteiger partial charge on any atom is 0.339 e. The Morgan fingerprint density at radius 1 is 1.09 bits per heavy atom. The van der Waals surface area contributed by atoms with E-state index in [0.717, 1.165) is 59.2 Å². The predicted molar refractivity (Wildman–Crippen MR) is 124 cm³/mol. The molecule has 166 valence electrons. The number of nitrogens with zero attached hydrogens (tertiary/aromatic N) is 3. The molecule has 4 aromatic rings. The molecule has 1 N–H and O–H groups in total. The number of carbonyl (C=O) groups is 2. The van der Waals surface area contributed by atoms with Gasteiger partial charge in [0.25, 0.3) is 11.6 Å². The van der Waals surface area contributed by atoms with Crippen LogP contribution < -0.4 is 5.32 Å². The molecule has 0 atom stereocenters. The fourth-order valence-electron chi connectivity index (χ4n) is 4.04. The highest BCUT2D eigenvalue weighted by Crippen LogP contribution is 2.31. The number of rotatable bonds is 5. The Morgan fingerprint density at radius 2 is 1.91 bits per heavy atom. The molecule has 1 aliphatic rings. The number of aryl methyl sites for hydroxylation is 1. The van der Waals surface area contributed by atoms with Gasteiger partial charge in [-0.05, 0) is 43.4 Å². The van der Waals surface area contributed by atoms with E-state index < -0.39 is 23.4 Å². The number of esters is 1. The van der Waals surface area contributed by atoms with Crippen LogP contribution in [-0.4, -0.2) is 33.4 Å². The van der Waals surface area contributed by atoms with E-state index >= 15 is 0 Å². The van der Waals surface area contributed by atoms with E-state index in [9.17, 15) is 19.7 Å². The number of amides is 1. The molecule has 0 aliphatic heterocycles. The van der Waals surface area contributed by atoms with Gasteiger partial charge in [0.05, 0.1) is 26.2 Å². The van der Waals surface area contributed by atoms with Crippen molar-refractivity contribution in [1.29, 1.82) is 0 Å². The number of benzene rings is 2. The number of hydrogen-bond donors (Lipinski definition) is 1. The van der Waals surface area contributed by atoms with Gasteiger partial charge >= 0.3 is 5.97 Å². The van der Waals surface area contributed by atoms with Gasteiger partial charge in [0, 0.05) is 23.2 Å². The van der Waals surface area contributed by atoms with Crippen LogP contribution in [0.15, 0.2) is 42.5 Å². The maximum atomic E-state index is 13.0. The quantitative estimate of drug-likeness (QED) is 0.264. The zero-order valence-corrected chi connectivity index (χ0v) is 18.2. The fraction of sp³-hybridized carbons (Fsp3) is 0.217. The average molecular weight is 462 g/mol. The first-order chi connectivity index (χ1) is 16.0. The van der Waals surface area contributed by atoms with E-state index in [-0.39, 0.29) is 10.8 Å². The largest absolute Gasteiger partial charge is 0.452 e. The van der Waals surface area contributed by atoms with Crippen LogP contribution in [0, 0.1) is 10.1 Å². The number of nitro benzene ring substituents is 1. The minimum atomic E-state index is -0.554. The molecule has 0 spiro atoms. The van der Waals surface area contributed by atoms with Gasteiger partial charge in [0.1, 0.15) is 0 Å². The molecule has 0 fully saturated rings. The minimum Gasteiger partial charge on any atom is -0.452 e. The number of ether oxygens (including phenoxy) is 1. The molecule has 2 aromatic heterocycles. The molecule has 1 aliphatic carbocycles. The number of nitro groups is 1. The van der Waals surface area contributed by atoms with Crippen LogP contribution in [0.25, 0.3) is 21.1 Å². The molecule has 1 amide bonds. The number of thiazole rings is 1. The summed E-state index contributed by atoms with van der Waals surface area (Å²) >= 11 is 1.11. The zero-order valence-electron chi connectivity index (χ0n) is 17.4. The molecular weight excluding hydrogens is 444 g/mol. The Morgan fingerprint density at radius 3 is 2.76 bits per heavy atom. The average Bonchev–Trinajstić information content (AvgIpc) is 3.22. The number of non-ortho nitro benzene ring substituents is 1. The number of aromatic nitrogens is 2. The van der Waals surface area contributed by atoms with Crippen LogP contribution in [0.3, 0.4) is 0 Å². The van der Waals surface area contributed by atoms with Gasteiger partial charge < -0.3 is 4.74 Å². The van der Waals surface area contributed by atoms with Gasteiger partial charge in [-0.15, -0.1) is 0 Å². The Hall–Kier alpha value is -3.92. The van der Waals surface area contributed by atoms with Crippen molar-refractivity contribution >= 4 is 55.2 Å². The number of anilines is 1. The number of para-hydroxylation sites is 1. The molecule has 0 radical (unpaired) electrons. The summed E-state index contributed by atoms with van der Waals surface area (Å²) in [4.78, 5) is 44.8. The topological polar surface area (TPSA) is 124 Å². The zero-order chi connectivity index (χ0) is 22.9. The van der Waals surface area contributed by atoms with Gasteiger partial charge in [-0.1, -0.05) is 29.5 Å². The summed E-state index contributed by atoms with van der Waals surface area (Å²) < 4.78 is 5.95. The Kier molecular flexibility index (Phi) is 5.43. The molecule has 2 heterocycles. The molecule has 0 saturated heterocycles. The predicted octanol–water partition coefficient (Wildman–Crippen LogP) is 4.43. The van der Waals surface area contributed by atoms with Crippen molar-refractivity contribution in [2.45, 2.75) is 25.7 Å². The van der Waals surface area contributed by atoms with Crippen LogP contribution in [0.4, 0.5) is 10.8 Å². The number of pyridine rings is 1. The first-order valence-corrected chi connectivity index (χ1v) is 11.2. The third kappa shape index (κ3) is 4.12. The lowest BCUT2D eigenvalue weighted by molar-refractivity contribution is -0.384. The summed E-state index contributed by atoms with van der Waals surface area (Å²) in [6.45, 7) is -0.472. The molecule has 0 bridgehead atoms. The Bertz CT molecular complexity index is 1430. The number of fused-ring (bicyclic) bond motifs is 3. The Labute approximate surface area is 191 Å². The lowest BCUT2D eigenvalue weighted by atomic mass is 9.90. The van der Waals surface area contributed by atoms with Crippen LogP contribution in [-0.2, 0) is 22.4 Å². The van der Waals surface area contributed by atoms with E-state index in [1.165, 1.54) is 18.2 Å². The second-order valence-corrected chi connectivity index (χ2v) is 8.72. The number of carbonyl (C=O) groups excluding carboxylic acids is 2. The third-order valence-electron chi connectivity index (χ3n) is 5.54. The molecule has 10 heteroatoms. The summed E-state index contributed by atoms with van der Waals surface area (Å²) in [6.07, 6.45) is 3.57. The number of hydrogen-bond acceptors (Lipinski definition) is 8. The van der Waals surface area contributed by atoms with Crippen LogP contribution in [0.5, 0.6) is 0 Å². The van der Waals surface area contributed by atoms with Gasteiger partial charge in [-0.3, -0.25) is 25.2 Å². The highest BCUT2D eigenvalue weighted by atomic mass is 32.1. The third-order valence-corrected chi connectivity index (χ3v) is 6.47. The smallest absolute Gasteiger partial charge is 0.339 e. The van der Waals surface area contributed by atoms with E-state index in [4.69, 9.17) is 9.72 Å². The highest BCUT2D eigenvalue weighted by molar-refractivity contribution is 7.22. The first-order valence-electron chi connectivity index (χ1n) is 10.4. The summed E-state index contributed by atoms with van der Waals surface area (Å²) in [6, 6.07) is 11.7. The molecule has 33 heavy (non-hydrogen) atoms. The van der Waals surface area contributed by atoms with Crippen molar-refractivity contribution in [1.82, 2.24) is 9.97 Å². The molecular formula is C23H18N4O5S. The highest BCUT2D eigenvalue weighted by Gasteiger charge is 2.24. The normalized spacial score (nSPS) is 13.0. The van der Waals surface area contributed by atoms with E-state index in [2.05, 4.69) is 10.3 Å². The minimum absolute atomic E-state index is 0.0501. The second-order valence-electron chi connectivity index (χ2n) is 7.69. The van der Waals surface area contributed by atoms with Crippen LogP contribution >= 0.6 is 11.3 Å². The lowest BCUT2D eigenvalue weighted by Gasteiger charge is -2.19. The van der Waals surface area contributed by atoms with Gasteiger partial charge in [0.2, 0.25) is 0 Å². The second kappa shape index (κ2) is 8.55. The number of nitrogens with one attached hydrogen (secondary N) is 1. The van der Waals surface area contributed by atoms with Gasteiger partial charge in [0.15, 0.2) is 11.7 Å². The van der Waals surface area contributed by atoms with E-state index in [1.807, 2.05) is 24.3 Å². The molecule has 0 saturated carbocycles. The first kappa shape index (κ1) is 21.0. The Balaban J connectivity index is 1.32. The molecule has 9 nitrogen and oxygen atoms in total. The fourth-order valence-corrected chi connectivity index (χ4v) is 4.96. The lowest BCUT2D eigenvalue weighted by Crippen LogP contribution is -2.22. The van der Waals surface area contributed by atoms with Crippen LogP contribution in [0.1, 0.15) is 34.5 Å². The van der Waals surface area contributed by atoms with Crippen molar-refractivity contribution in [2.24, 2.45) is 0 Å². The summed E-state index contributed by atoms with van der Waals surface area (Å²) in [5.41, 5.74) is 3.52. The van der Waals surface area contributed by atoms with Crippen molar-refractivity contribution in [3.8, 4) is 0 Å². The van der Waals surface area contributed by atoms with Crippen LogP contribution in [0.2, 0.25) is 0 Å². The molecule has 2 aromatic carbocycles. The molecule has 5 rings (SSSR count). The monoisotopic (exact) mass is 462 g/mol. The molecule has 0 unspecified atom stereocenters. The van der Waals surface area contributed by atoms with E-state index in [1.54, 1.807) is 0 Å². The summed E-state index contributed by atoms with van der Waals surface area (Å²) in [5.74, 6) is -1.09. The van der Waals surface area contributed by atoms with Gasteiger partial charge in [-0.25, -0.2) is 9.78 Å².